The quantitative estimate of drug-likeness (QED) is 0.748. The third kappa shape index (κ3) is 3.68. The Morgan fingerprint density at radius 3 is 2.84 bits per heavy atom. The minimum Gasteiger partial charge on any atom is -0.466 e. The van der Waals surface area contributed by atoms with Crippen molar-refractivity contribution in [2.24, 2.45) is 0 Å². The predicted molar refractivity (Wildman–Crippen MR) is 73.5 cm³/mol. The minimum atomic E-state index is -0.135. The average Bonchev–Trinajstić information content (AvgIpc) is 2.88. The second-order valence-corrected chi connectivity index (χ2v) is 4.25. The average molecular weight is 258 g/mol. The van der Waals surface area contributed by atoms with Crippen molar-refractivity contribution < 1.29 is 9.53 Å². The summed E-state index contributed by atoms with van der Waals surface area (Å²) in [6.07, 6.45) is 4.85. The van der Waals surface area contributed by atoms with Crippen LogP contribution in [0.3, 0.4) is 0 Å². The van der Waals surface area contributed by atoms with Crippen molar-refractivity contribution in [3.05, 3.63) is 42.9 Å². The Bertz CT molecular complexity index is 520. The molecule has 19 heavy (non-hydrogen) atoms. The highest BCUT2D eigenvalue weighted by molar-refractivity contribution is 5.69. The van der Waals surface area contributed by atoms with E-state index >= 15 is 0 Å². The molecule has 100 valence electrons. The molecule has 0 saturated carbocycles. The maximum Gasteiger partial charge on any atom is 0.305 e. The van der Waals surface area contributed by atoms with Gasteiger partial charge in [-0.1, -0.05) is 30.3 Å². The lowest BCUT2D eigenvalue weighted by molar-refractivity contribution is -0.143. The van der Waals surface area contributed by atoms with Crippen LogP contribution in [-0.2, 0) is 16.1 Å². The number of hydrogen-bond acceptors (Lipinski definition) is 3. The molecule has 0 aliphatic heterocycles. The van der Waals surface area contributed by atoms with Gasteiger partial charge in [0.05, 0.1) is 24.8 Å². The van der Waals surface area contributed by atoms with Gasteiger partial charge in [-0.05, 0) is 18.9 Å². The van der Waals surface area contributed by atoms with Crippen LogP contribution in [0.2, 0.25) is 0 Å². The molecule has 1 heterocycles. The van der Waals surface area contributed by atoms with Crippen molar-refractivity contribution in [1.29, 1.82) is 0 Å². The molecule has 1 aromatic carbocycles. The Morgan fingerprint density at radius 1 is 1.32 bits per heavy atom. The molecule has 1 aromatic heterocycles. The summed E-state index contributed by atoms with van der Waals surface area (Å²) in [6.45, 7) is 3.03. The van der Waals surface area contributed by atoms with E-state index in [0.29, 0.717) is 13.0 Å². The molecule has 0 atom stereocenters. The Kier molecular flexibility index (Phi) is 4.72. The SMILES string of the molecule is CCOC(=O)CCCn1cncc1-c1ccccc1. The summed E-state index contributed by atoms with van der Waals surface area (Å²) in [5.41, 5.74) is 2.21. The first kappa shape index (κ1) is 13.3. The third-order valence-corrected chi connectivity index (χ3v) is 2.87. The van der Waals surface area contributed by atoms with Gasteiger partial charge in [-0.2, -0.15) is 0 Å². The fraction of sp³-hybridized carbons (Fsp3) is 0.333. The normalized spacial score (nSPS) is 10.4. The van der Waals surface area contributed by atoms with Gasteiger partial charge in [-0.15, -0.1) is 0 Å². The van der Waals surface area contributed by atoms with Crippen LogP contribution in [-0.4, -0.2) is 22.1 Å². The van der Waals surface area contributed by atoms with Crippen LogP contribution in [0.4, 0.5) is 0 Å². The number of ether oxygens (including phenoxy) is 1. The largest absolute Gasteiger partial charge is 0.466 e. The highest BCUT2D eigenvalue weighted by atomic mass is 16.5. The summed E-state index contributed by atoms with van der Waals surface area (Å²) < 4.78 is 6.98. The number of aryl methyl sites for hydroxylation is 1. The number of carbonyl (C=O) groups is 1. The Balaban J connectivity index is 1.95. The zero-order chi connectivity index (χ0) is 13.5. The number of imidazole rings is 1. The monoisotopic (exact) mass is 258 g/mol. The number of esters is 1. The molecule has 0 fully saturated rings. The smallest absolute Gasteiger partial charge is 0.305 e. The number of nitrogens with zero attached hydrogens (tertiary/aromatic N) is 2. The summed E-state index contributed by atoms with van der Waals surface area (Å²) >= 11 is 0. The van der Waals surface area contributed by atoms with Crippen molar-refractivity contribution in [3.63, 3.8) is 0 Å². The zero-order valence-electron chi connectivity index (χ0n) is 11.1. The van der Waals surface area contributed by atoms with Gasteiger partial charge in [0.1, 0.15) is 0 Å². The third-order valence-electron chi connectivity index (χ3n) is 2.87. The Labute approximate surface area is 113 Å². The van der Waals surface area contributed by atoms with E-state index in [1.807, 2.05) is 31.3 Å². The lowest BCUT2D eigenvalue weighted by Gasteiger charge is -2.08. The van der Waals surface area contributed by atoms with E-state index in [0.717, 1.165) is 24.2 Å². The van der Waals surface area contributed by atoms with Crippen LogP contribution >= 0.6 is 0 Å². The maximum atomic E-state index is 11.3. The van der Waals surface area contributed by atoms with Crippen LogP contribution < -0.4 is 0 Å². The van der Waals surface area contributed by atoms with Gasteiger partial charge in [-0.3, -0.25) is 4.79 Å². The van der Waals surface area contributed by atoms with E-state index in [1.165, 1.54) is 0 Å². The van der Waals surface area contributed by atoms with Crippen LogP contribution in [0, 0.1) is 0 Å². The van der Waals surface area contributed by atoms with Crippen molar-refractivity contribution in [1.82, 2.24) is 9.55 Å². The topological polar surface area (TPSA) is 44.1 Å². The lowest BCUT2D eigenvalue weighted by atomic mass is 10.1. The van der Waals surface area contributed by atoms with Gasteiger partial charge in [0.25, 0.3) is 0 Å². The van der Waals surface area contributed by atoms with Crippen LogP contribution in [0.5, 0.6) is 0 Å². The molecular formula is C15H18N2O2. The molecule has 0 unspecified atom stereocenters. The van der Waals surface area contributed by atoms with E-state index in [9.17, 15) is 4.79 Å². The molecule has 0 aliphatic rings. The first-order valence-electron chi connectivity index (χ1n) is 6.52. The van der Waals surface area contributed by atoms with Gasteiger partial charge >= 0.3 is 5.97 Å². The molecule has 4 heteroatoms. The van der Waals surface area contributed by atoms with Gasteiger partial charge < -0.3 is 9.30 Å². The minimum absolute atomic E-state index is 0.135. The van der Waals surface area contributed by atoms with Crippen molar-refractivity contribution in [2.45, 2.75) is 26.3 Å². The van der Waals surface area contributed by atoms with Gasteiger partial charge in [-0.25, -0.2) is 4.98 Å². The number of aromatic nitrogens is 2. The summed E-state index contributed by atoms with van der Waals surface area (Å²) in [7, 11) is 0. The molecule has 2 aromatic rings. The summed E-state index contributed by atoms with van der Waals surface area (Å²) in [5.74, 6) is -0.135. The van der Waals surface area contributed by atoms with Crippen molar-refractivity contribution in [2.75, 3.05) is 6.61 Å². The molecule has 0 spiro atoms. The Hall–Kier alpha value is -2.10. The van der Waals surface area contributed by atoms with Crippen molar-refractivity contribution >= 4 is 5.97 Å². The highest BCUT2D eigenvalue weighted by Crippen LogP contribution is 2.18. The van der Waals surface area contributed by atoms with Crippen LogP contribution in [0.25, 0.3) is 11.3 Å². The van der Waals surface area contributed by atoms with Gasteiger partial charge in [0, 0.05) is 13.0 Å². The first-order chi connectivity index (χ1) is 9.31. The summed E-state index contributed by atoms with van der Waals surface area (Å²) in [4.78, 5) is 15.5. The molecule has 0 radical (unpaired) electrons. The summed E-state index contributed by atoms with van der Waals surface area (Å²) in [5, 5.41) is 0. The van der Waals surface area contributed by atoms with Crippen LogP contribution in [0.1, 0.15) is 19.8 Å². The molecule has 0 saturated heterocycles. The fourth-order valence-electron chi connectivity index (χ4n) is 1.98. The molecule has 4 nitrogen and oxygen atoms in total. The zero-order valence-corrected chi connectivity index (χ0v) is 11.1. The van der Waals surface area contributed by atoms with E-state index in [-0.39, 0.29) is 5.97 Å². The molecule has 0 N–H and O–H groups in total. The highest BCUT2D eigenvalue weighted by Gasteiger charge is 2.06. The van der Waals surface area contributed by atoms with E-state index in [4.69, 9.17) is 4.74 Å². The lowest BCUT2D eigenvalue weighted by Crippen LogP contribution is -2.06. The maximum absolute atomic E-state index is 11.3. The fourth-order valence-corrected chi connectivity index (χ4v) is 1.98. The van der Waals surface area contributed by atoms with Gasteiger partial charge in [0.15, 0.2) is 0 Å². The molecule has 0 aliphatic carbocycles. The molecular weight excluding hydrogens is 240 g/mol. The number of carbonyl (C=O) groups excluding carboxylic acids is 1. The second-order valence-electron chi connectivity index (χ2n) is 4.25. The first-order valence-corrected chi connectivity index (χ1v) is 6.52. The van der Waals surface area contributed by atoms with Crippen LogP contribution in [0.15, 0.2) is 42.9 Å². The molecule has 2 rings (SSSR count). The number of benzene rings is 1. The summed E-state index contributed by atoms with van der Waals surface area (Å²) in [6, 6.07) is 10.1. The van der Waals surface area contributed by atoms with Crippen molar-refractivity contribution in [3.8, 4) is 11.3 Å². The van der Waals surface area contributed by atoms with E-state index < -0.39 is 0 Å². The second kappa shape index (κ2) is 6.73. The predicted octanol–water partition coefficient (Wildman–Crippen LogP) is 2.89. The van der Waals surface area contributed by atoms with E-state index in [1.54, 1.807) is 6.33 Å². The number of hydrogen-bond donors (Lipinski definition) is 0. The van der Waals surface area contributed by atoms with E-state index in [2.05, 4.69) is 21.7 Å². The molecule has 0 bridgehead atoms. The standard InChI is InChI=1S/C15H18N2O2/c1-2-19-15(18)9-6-10-17-12-16-11-14(17)13-7-4-3-5-8-13/h3-5,7-8,11-12H,2,6,9-10H2,1H3. The molecule has 0 amide bonds. The van der Waals surface area contributed by atoms with Gasteiger partial charge in [0.2, 0.25) is 0 Å². The number of rotatable bonds is 6. The Morgan fingerprint density at radius 2 is 2.11 bits per heavy atom.